The molecule has 0 saturated heterocycles. The van der Waals surface area contributed by atoms with Crippen LogP contribution in [0.4, 0.5) is 5.69 Å². The highest BCUT2D eigenvalue weighted by molar-refractivity contribution is 9.10. The van der Waals surface area contributed by atoms with Crippen molar-refractivity contribution < 1.29 is 4.79 Å². The molecule has 1 aromatic rings. The molecule has 0 bridgehead atoms. The summed E-state index contributed by atoms with van der Waals surface area (Å²) in [6.07, 6.45) is 2.56. The van der Waals surface area contributed by atoms with Crippen LogP contribution in [0.5, 0.6) is 0 Å². The number of likely N-dealkylation sites (N-methyl/N-ethyl adjacent to an activating group) is 2. The molecule has 0 radical (unpaired) electrons. The summed E-state index contributed by atoms with van der Waals surface area (Å²) in [6.45, 7) is 1.22. The molecule has 1 amide bonds. The van der Waals surface area contributed by atoms with Gasteiger partial charge in [0.1, 0.15) is 0 Å². The minimum atomic E-state index is 0.0172. The largest absolute Gasteiger partial charge is 0.365 e. The van der Waals surface area contributed by atoms with Crippen molar-refractivity contribution in [1.29, 1.82) is 0 Å². The molecule has 0 unspecified atom stereocenters. The molecule has 2 rings (SSSR count). The molecule has 19 heavy (non-hydrogen) atoms. The Morgan fingerprint density at radius 3 is 2.84 bits per heavy atom. The highest BCUT2D eigenvalue weighted by atomic mass is 79.9. The minimum absolute atomic E-state index is 0.0172. The van der Waals surface area contributed by atoms with E-state index in [0.717, 1.165) is 16.7 Å². The van der Waals surface area contributed by atoms with Gasteiger partial charge in [-0.1, -0.05) is 22.0 Å². The molecule has 104 valence electrons. The highest BCUT2D eigenvalue weighted by Crippen LogP contribution is 2.26. The van der Waals surface area contributed by atoms with E-state index in [1.165, 1.54) is 18.4 Å². The molecule has 1 aromatic carbocycles. The Morgan fingerprint density at radius 2 is 2.21 bits per heavy atom. The van der Waals surface area contributed by atoms with Crippen molar-refractivity contribution >= 4 is 27.5 Å². The van der Waals surface area contributed by atoms with Crippen molar-refractivity contribution in [3.63, 3.8) is 0 Å². The Balaban J connectivity index is 2.10. The fourth-order valence-electron chi connectivity index (χ4n) is 1.96. The van der Waals surface area contributed by atoms with Crippen LogP contribution in [0.2, 0.25) is 0 Å². The third-order valence-electron chi connectivity index (χ3n) is 3.28. The number of benzene rings is 1. The van der Waals surface area contributed by atoms with E-state index in [2.05, 4.69) is 38.7 Å². The molecule has 4 nitrogen and oxygen atoms in total. The number of nitrogens with zero attached hydrogens (tertiary/aromatic N) is 1. The predicted molar refractivity (Wildman–Crippen MR) is 81.3 cm³/mol. The van der Waals surface area contributed by atoms with Gasteiger partial charge in [-0.2, -0.15) is 0 Å². The van der Waals surface area contributed by atoms with Gasteiger partial charge in [-0.05, 0) is 30.5 Å². The first-order valence-electron chi connectivity index (χ1n) is 6.53. The van der Waals surface area contributed by atoms with Gasteiger partial charge in [0.25, 0.3) is 0 Å². The molecule has 1 aliphatic carbocycles. The highest BCUT2D eigenvalue weighted by Gasteiger charge is 2.21. The Hall–Kier alpha value is -1.07. The zero-order valence-corrected chi connectivity index (χ0v) is 13.0. The van der Waals surface area contributed by atoms with E-state index in [4.69, 9.17) is 0 Å². The number of rotatable bonds is 6. The van der Waals surface area contributed by atoms with Gasteiger partial charge in [-0.25, -0.2) is 0 Å². The van der Waals surface area contributed by atoms with Crippen molar-refractivity contribution in [1.82, 2.24) is 10.6 Å². The molecule has 0 aromatic heterocycles. The predicted octanol–water partition coefficient (Wildman–Crippen LogP) is 1.88. The number of hydrogen-bond donors (Lipinski definition) is 2. The minimum Gasteiger partial charge on any atom is -0.365 e. The van der Waals surface area contributed by atoms with E-state index in [1.54, 1.807) is 7.05 Å². The summed E-state index contributed by atoms with van der Waals surface area (Å²) < 4.78 is 1.03. The molecular formula is C14H20BrN3O. The van der Waals surface area contributed by atoms with E-state index in [-0.39, 0.29) is 5.91 Å². The van der Waals surface area contributed by atoms with E-state index >= 15 is 0 Å². The average Bonchev–Trinajstić information content (AvgIpc) is 3.21. The molecule has 1 aliphatic rings. The van der Waals surface area contributed by atoms with Crippen LogP contribution in [-0.2, 0) is 11.3 Å². The van der Waals surface area contributed by atoms with Crippen molar-refractivity contribution in [2.75, 3.05) is 25.5 Å². The van der Waals surface area contributed by atoms with Gasteiger partial charge in [0.05, 0.1) is 6.54 Å². The second-order valence-electron chi connectivity index (χ2n) is 4.96. The van der Waals surface area contributed by atoms with E-state index < -0.39 is 0 Å². The van der Waals surface area contributed by atoms with Crippen LogP contribution < -0.4 is 15.5 Å². The van der Waals surface area contributed by atoms with Crippen LogP contribution in [0.3, 0.4) is 0 Å². The van der Waals surface area contributed by atoms with E-state index in [1.807, 2.05) is 18.0 Å². The topological polar surface area (TPSA) is 44.4 Å². The summed E-state index contributed by atoms with van der Waals surface area (Å²) in [5, 5.41) is 6.16. The summed E-state index contributed by atoms with van der Waals surface area (Å²) in [5.74, 6) is 0.0172. The van der Waals surface area contributed by atoms with Crippen molar-refractivity contribution in [3.05, 3.63) is 28.2 Å². The summed E-state index contributed by atoms with van der Waals surface area (Å²) in [4.78, 5) is 13.5. The smallest absolute Gasteiger partial charge is 0.239 e. The Kier molecular flexibility index (Phi) is 4.82. The maximum Gasteiger partial charge on any atom is 0.239 e. The third-order valence-corrected chi connectivity index (χ3v) is 3.77. The molecule has 0 aliphatic heterocycles. The van der Waals surface area contributed by atoms with E-state index in [9.17, 15) is 4.79 Å². The van der Waals surface area contributed by atoms with Gasteiger partial charge in [-0.3, -0.25) is 4.79 Å². The maximum absolute atomic E-state index is 11.5. The van der Waals surface area contributed by atoms with Gasteiger partial charge in [-0.15, -0.1) is 0 Å². The number of hydrogen-bond acceptors (Lipinski definition) is 3. The lowest BCUT2D eigenvalue weighted by Crippen LogP contribution is -2.33. The van der Waals surface area contributed by atoms with E-state index in [0.29, 0.717) is 12.6 Å². The van der Waals surface area contributed by atoms with Crippen molar-refractivity contribution in [3.8, 4) is 0 Å². The van der Waals surface area contributed by atoms with Gasteiger partial charge in [0.15, 0.2) is 0 Å². The second-order valence-corrected chi connectivity index (χ2v) is 5.87. The first kappa shape index (κ1) is 14.3. The van der Waals surface area contributed by atoms with Crippen LogP contribution in [0.25, 0.3) is 0 Å². The zero-order valence-electron chi connectivity index (χ0n) is 11.4. The van der Waals surface area contributed by atoms with Gasteiger partial charge in [0, 0.05) is 36.8 Å². The Morgan fingerprint density at radius 1 is 1.47 bits per heavy atom. The molecule has 1 fully saturated rings. The van der Waals surface area contributed by atoms with Crippen LogP contribution in [0.1, 0.15) is 18.4 Å². The fraction of sp³-hybridized carbons (Fsp3) is 0.500. The standard InChI is InChI=1S/C14H20BrN3O/c1-16-14(19)9-18(2)13-7-11(15)4-3-10(13)8-17-12-5-6-12/h3-4,7,12,17H,5-6,8-9H2,1-2H3,(H,16,19). The molecule has 0 heterocycles. The zero-order chi connectivity index (χ0) is 13.8. The quantitative estimate of drug-likeness (QED) is 0.839. The van der Waals surface area contributed by atoms with Crippen LogP contribution >= 0.6 is 15.9 Å². The number of carbonyl (C=O) groups excluding carboxylic acids is 1. The summed E-state index contributed by atoms with van der Waals surface area (Å²) in [5.41, 5.74) is 2.31. The van der Waals surface area contributed by atoms with Crippen molar-refractivity contribution in [2.45, 2.75) is 25.4 Å². The SMILES string of the molecule is CNC(=O)CN(C)c1cc(Br)ccc1CNC1CC1. The lowest BCUT2D eigenvalue weighted by Gasteiger charge is -2.22. The molecule has 0 atom stereocenters. The van der Waals surface area contributed by atoms with Crippen molar-refractivity contribution in [2.24, 2.45) is 0 Å². The summed E-state index contributed by atoms with van der Waals surface area (Å²) in [7, 11) is 3.60. The number of nitrogens with one attached hydrogen (secondary N) is 2. The summed E-state index contributed by atoms with van der Waals surface area (Å²) in [6, 6.07) is 6.89. The van der Waals surface area contributed by atoms with Gasteiger partial charge < -0.3 is 15.5 Å². The number of amides is 1. The molecule has 1 saturated carbocycles. The second kappa shape index (κ2) is 6.39. The Labute approximate surface area is 122 Å². The molecule has 0 spiro atoms. The lowest BCUT2D eigenvalue weighted by molar-refractivity contribution is -0.119. The monoisotopic (exact) mass is 325 g/mol. The fourth-order valence-corrected chi connectivity index (χ4v) is 2.31. The van der Waals surface area contributed by atoms with Gasteiger partial charge in [0.2, 0.25) is 5.91 Å². The lowest BCUT2D eigenvalue weighted by atomic mass is 10.1. The normalized spacial score (nSPS) is 14.3. The van der Waals surface area contributed by atoms with Crippen LogP contribution in [0.15, 0.2) is 22.7 Å². The number of carbonyl (C=O) groups is 1. The Bertz CT molecular complexity index is 460. The molecule has 2 N–H and O–H groups in total. The average molecular weight is 326 g/mol. The molecular weight excluding hydrogens is 306 g/mol. The van der Waals surface area contributed by atoms with Crippen LogP contribution in [-0.4, -0.2) is 32.6 Å². The molecule has 5 heteroatoms. The van der Waals surface area contributed by atoms with Crippen LogP contribution in [0, 0.1) is 0 Å². The number of anilines is 1. The number of halogens is 1. The maximum atomic E-state index is 11.5. The first-order valence-corrected chi connectivity index (χ1v) is 7.33. The first-order chi connectivity index (χ1) is 9.10. The summed E-state index contributed by atoms with van der Waals surface area (Å²) >= 11 is 3.49. The third kappa shape index (κ3) is 4.21. The van der Waals surface area contributed by atoms with Gasteiger partial charge >= 0.3 is 0 Å².